The normalized spacial score (nSPS) is 14.8. The van der Waals surface area contributed by atoms with Gasteiger partial charge in [0.25, 0.3) is 0 Å². The molecule has 3 aromatic rings. The Morgan fingerprint density at radius 1 is 1.03 bits per heavy atom. The third-order valence-electron chi connectivity index (χ3n) is 5.95. The SMILES string of the molecule is COc1ccc(C(C)C)cc1C(C)(C)CC(O)(Cc1cc2ccccc2[nH]1)C(F)(F)F. The number of alkyl halides is 3. The summed E-state index contributed by atoms with van der Waals surface area (Å²) in [6.45, 7) is 7.49. The number of halogens is 3. The van der Waals surface area contributed by atoms with Gasteiger partial charge in [0, 0.05) is 23.2 Å². The molecule has 31 heavy (non-hydrogen) atoms. The highest BCUT2D eigenvalue weighted by molar-refractivity contribution is 5.80. The number of aliphatic hydroxyl groups is 1. The summed E-state index contributed by atoms with van der Waals surface area (Å²) in [5, 5.41) is 11.8. The molecule has 1 unspecified atom stereocenters. The number of benzene rings is 2. The minimum Gasteiger partial charge on any atom is -0.496 e. The smallest absolute Gasteiger partial charge is 0.417 e. The maximum absolute atomic E-state index is 14.2. The Labute approximate surface area is 181 Å². The fraction of sp³-hybridized carbons (Fsp3) is 0.440. The highest BCUT2D eigenvalue weighted by Gasteiger charge is 2.56. The van der Waals surface area contributed by atoms with E-state index in [1.54, 1.807) is 32.0 Å². The molecule has 6 heteroatoms. The average Bonchev–Trinajstić information content (AvgIpc) is 3.07. The predicted molar refractivity (Wildman–Crippen MR) is 118 cm³/mol. The molecule has 0 saturated heterocycles. The Morgan fingerprint density at radius 3 is 2.29 bits per heavy atom. The van der Waals surface area contributed by atoms with E-state index in [1.807, 2.05) is 44.2 Å². The Bertz CT molecular complexity index is 1020. The molecule has 0 radical (unpaired) electrons. The summed E-state index contributed by atoms with van der Waals surface area (Å²) in [5.41, 5.74) is -1.15. The Kier molecular flexibility index (Phi) is 6.16. The maximum Gasteiger partial charge on any atom is 0.417 e. The van der Waals surface area contributed by atoms with E-state index < -0.39 is 30.0 Å². The third kappa shape index (κ3) is 4.74. The molecule has 0 spiro atoms. The van der Waals surface area contributed by atoms with Crippen LogP contribution in [0.25, 0.3) is 10.9 Å². The van der Waals surface area contributed by atoms with E-state index in [9.17, 15) is 18.3 Å². The quantitative estimate of drug-likeness (QED) is 0.446. The highest BCUT2D eigenvalue weighted by Crippen LogP contribution is 2.45. The number of aromatic amines is 1. The van der Waals surface area contributed by atoms with Gasteiger partial charge in [-0.25, -0.2) is 0 Å². The number of hydrogen-bond donors (Lipinski definition) is 2. The van der Waals surface area contributed by atoms with Gasteiger partial charge in [0.1, 0.15) is 5.75 Å². The van der Waals surface area contributed by atoms with Gasteiger partial charge in [-0.2, -0.15) is 13.2 Å². The zero-order chi connectivity index (χ0) is 23.0. The van der Waals surface area contributed by atoms with E-state index >= 15 is 0 Å². The van der Waals surface area contributed by atoms with Gasteiger partial charge in [0.2, 0.25) is 0 Å². The fourth-order valence-corrected chi connectivity index (χ4v) is 4.25. The second-order valence-electron chi connectivity index (χ2n) is 9.26. The van der Waals surface area contributed by atoms with Crippen molar-refractivity contribution in [1.82, 2.24) is 4.98 Å². The molecule has 3 rings (SSSR count). The number of aromatic nitrogens is 1. The van der Waals surface area contributed by atoms with E-state index in [-0.39, 0.29) is 5.92 Å². The summed E-state index contributed by atoms with van der Waals surface area (Å²) < 4.78 is 48.0. The molecule has 0 saturated carbocycles. The largest absolute Gasteiger partial charge is 0.496 e. The van der Waals surface area contributed by atoms with Crippen molar-refractivity contribution in [2.24, 2.45) is 0 Å². The van der Waals surface area contributed by atoms with Gasteiger partial charge in [-0.15, -0.1) is 0 Å². The van der Waals surface area contributed by atoms with Crippen LogP contribution in [0.5, 0.6) is 5.75 Å². The molecule has 0 amide bonds. The number of fused-ring (bicyclic) bond motifs is 1. The Morgan fingerprint density at radius 2 is 1.71 bits per heavy atom. The van der Waals surface area contributed by atoms with Gasteiger partial charge < -0.3 is 14.8 Å². The van der Waals surface area contributed by atoms with Crippen LogP contribution in [0.1, 0.15) is 56.9 Å². The van der Waals surface area contributed by atoms with Gasteiger partial charge in [-0.05, 0) is 46.9 Å². The minimum atomic E-state index is -4.80. The zero-order valence-corrected chi connectivity index (χ0v) is 18.6. The number of rotatable bonds is 7. The first-order valence-electron chi connectivity index (χ1n) is 10.4. The lowest BCUT2D eigenvalue weighted by atomic mass is 9.72. The molecule has 1 aromatic heterocycles. The molecule has 0 aliphatic heterocycles. The number of nitrogens with one attached hydrogen (secondary N) is 1. The topological polar surface area (TPSA) is 45.2 Å². The molecule has 0 fully saturated rings. The summed E-state index contributed by atoms with van der Waals surface area (Å²) in [6.07, 6.45) is -5.86. The number of H-pyrrole nitrogens is 1. The van der Waals surface area contributed by atoms with Gasteiger partial charge in [0.05, 0.1) is 7.11 Å². The average molecular weight is 434 g/mol. The van der Waals surface area contributed by atoms with Crippen LogP contribution in [0.3, 0.4) is 0 Å². The van der Waals surface area contributed by atoms with E-state index in [0.717, 1.165) is 16.5 Å². The number of para-hydroxylation sites is 1. The molecule has 3 nitrogen and oxygen atoms in total. The maximum atomic E-state index is 14.2. The van der Waals surface area contributed by atoms with Crippen molar-refractivity contribution in [2.45, 2.75) is 63.6 Å². The Balaban J connectivity index is 2.00. The van der Waals surface area contributed by atoms with Gasteiger partial charge in [0.15, 0.2) is 5.60 Å². The summed E-state index contributed by atoms with van der Waals surface area (Å²) in [5.74, 6) is 0.734. The van der Waals surface area contributed by atoms with Crippen molar-refractivity contribution in [2.75, 3.05) is 7.11 Å². The van der Waals surface area contributed by atoms with Crippen LogP contribution in [0.15, 0.2) is 48.5 Å². The van der Waals surface area contributed by atoms with Gasteiger partial charge >= 0.3 is 6.18 Å². The molecule has 2 aromatic carbocycles. The molecule has 168 valence electrons. The van der Waals surface area contributed by atoms with Crippen LogP contribution in [0.4, 0.5) is 13.2 Å². The minimum absolute atomic E-state index is 0.216. The number of ether oxygens (including phenoxy) is 1. The van der Waals surface area contributed by atoms with Crippen LogP contribution in [0.2, 0.25) is 0 Å². The van der Waals surface area contributed by atoms with Crippen LogP contribution in [-0.4, -0.2) is 29.0 Å². The molecular formula is C25H30F3NO2. The number of methoxy groups -OCH3 is 1. The molecule has 1 heterocycles. The van der Waals surface area contributed by atoms with Gasteiger partial charge in [-0.1, -0.05) is 58.0 Å². The van der Waals surface area contributed by atoms with Crippen molar-refractivity contribution >= 4 is 10.9 Å². The molecular weight excluding hydrogens is 403 g/mol. The van der Waals surface area contributed by atoms with Crippen molar-refractivity contribution in [1.29, 1.82) is 0 Å². The molecule has 0 aliphatic rings. The third-order valence-corrected chi connectivity index (χ3v) is 5.95. The molecule has 1 atom stereocenters. The fourth-order valence-electron chi connectivity index (χ4n) is 4.25. The lowest BCUT2D eigenvalue weighted by molar-refractivity contribution is -0.266. The second kappa shape index (κ2) is 8.23. The van der Waals surface area contributed by atoms with Crippen LogP contribution in [-0.2, 0) is 11.8 Å². The highest BCUT2D eigenvalue weighted by atomic mass is 19.4. The molecule has 0 aliphatic carbocycles. The number of hydrogen-bond acceptors (Lipinski definition) is 2. The summed E-state index contributed by atoms with van der Waals surface area (Å²) in [6, 6.07) is 14.5. The summed E-state index contributed by atoms with van der Waals surface area (Å²) in [7, 11) is 1.50. The predicted octanol–water partition coefficient (Wildman–Crippen LogP) is 6.50. The van der Waals surface area contributed by atoms with Gasteiger partial charge in [-0.3, -0.25) is 0 Å². The van der Waals surface area contributed by atoms with E-state index in [2.05, 4.69) is 4.98 Å². The second-order valence-corrected chi connectivity index (χ2v) is 9.26. The lowest BCUT2D eigenvalue weighted by Gasteiger charge is -2.38. The first-order valence-corrected chi connectivity index (χ1v) is 10.4. The first kappa shape index (κ1) is 23.2. The standard InChI is InChI=1S/C25H30F3NO2/c1-16(2)17-10-11-22(31-5)20(13-17)23(3,4)15-24(30,25(26,27)28)14-19-12-18-8-6-7-9-21(18)29-19/h6-13,16,29-30H,14-15H2,1-5H3. The van der Waals surface area contributed by atoms with Crippen LogP contribution >= 0.6 is 0 Å². The molecule has 2 N–H and O–H groups in total. The van der Waals surface area contributed by atoms with E-state index in [0.29, 0.717) is 17.0 Å². The zero-order valence-electron chi connectivity index (χ0n) is 18.6. The van der Waals surface area contributed by atoms with E-state index in [1.165, 1.54) is 7.11 Å². The monoisotopic (exact) mass is 433 g/mol. The van der Waals surface area contributed by atoms with Crippen molar-refractivity contribution < 1.29 is 23.0 Å². The van der Waals surface area contributed by atoms with Crippen molar-refractivity contribution in [3.05, 3.63) is 65.4 Å². The Hall–Kier alpha value is -2.47. The van der Waals surface area contributed by atoms with E-state index in [4.69, 9.17) is 4.74 Å². The first-order chi connectivity index (χ1) is 14.4. The summed E-state index contributed by atoms with van der Waals surface area (Å²) >= 11 is 0. The van der Waals surface area contributed by atoms with Crippen LogP contribution in [0, 0.1) is 0 Å². The van der Waals surface area contributed by atoms with Crippen molar-refractivity contribution in [3.8, 4) is 5.75 Å². The van der Waals surface area contributed by atoms with Crippen LogP contribution < -0.4 is 4.74 Å². The lowest BCUT2D eigenvalue weighted by Crippen LogP contribution is -2.51. The molecule has 0 bridgehead atoms. The van der Waals surface area contributed by atoms with Crippen molar-refractivity contribution in [3.63, 3.8) is 0 Å². The summed E-state index contributed by atoms with van der Waals surface area (Å²) in [4.78, 5) is 3.01.